The monoisotopic (exact) mass is 379 g/mol. The van der Waals surface area contributed by atoms with E-state index in [1.165, 1.54) is 30.8 Å². The Hall–Kier alpha value is -1.63. The molecule has 0 saturated carbocycles. The van der Waals surface area contributed by atoms with Crippen molar-refractivity contribution in [1.29, 1.82) is 0 Å². The molecule has 7 heteroatoms. The number of carbonyl (C=O) groups is 1. The van der Waals surface area contributed by atoms with Gasteiger partial charge in [-0.2, -0.15) is 0 Å². The highest BCUT2D eigenvalue weighted by molar-refractivity contribution is 7.13. The second kappa shape index (κ2) is 8.17. The Morgan fingerprint density at radius 2 is 2.08 bits per heavy atom. The molecule has 4 rings (SSSR count). The highest BCUT2D eigenvalue weighted by Gasteiger charge is 2.34. The number of benzene rings is 1. The van der Waals surface area contributed by atoms with E-state index in [9.17, 15) is 4.79 Å². The zero-order chi connectivity index (χ0) is 16.4. The predicted octanol–water partition coefficient (Wildman–Crippen LogP) is 4.12. The summed E-state index contributed by atoms with van der Waals surface area (Å²) in [6.45, 7) is 4.01. The fourth-order valence-corrected chi connectivity index (χ4v) is 4.45. The predicted molar refractivity (Wildman–Crippen MR) is 102 cm³/mol. The van der Waals surface area contributed by atoms with E-state index in [2.05, 4.69) is 15.2 Å². The van der Waals surface area contributed by atoms with Gasteiger partial charge < -0.3 is 9.64 Å². The van der Waals surface area contributed by atoms with Gasteiger partial charge in [0.15, 0.2) is 5.82 Å². The van der Waals surface area contributed by atoms with Crippen molar-refractivity contribution in [3.8, 4) is 10.4 Å². The lowest BCUT2D eigenvalue weighted by molar-refractivity contribution is 0.0993. The second-order valence-electron chi connectivity index (χ2n) is 6.52. The van der Waals surface area contributed by atoms with E-state index in [4.69, 9.17) is 4.74 Å². The van der Waals surface area contributed by atoms with E-state index >= 15 is 0 Å². The van der Waals surface area contributed by atoms with Crippen molar-refractivity contribution in [3.05, 3.63) is 35.8 Å². The molecule has 25 heavy (non-hydrogen) atoms. The molecule has 1 aromatic heterocycles. The fourth-order valence-electron chi connectivity index (χ4n) is 3.70. The zero-order valence-corrected chi connectivity index (χ0v) is 15.5. The highest BCUT2D eigenvalue weighted by Crippen LogP contribution is 2.33. The summed E-state index contributed by atoms with van der Waals surface area (Å²) in [6, 6.07) is 9.95. The molecule has 2 aromatic rings. The Morgan fingerprint density at radius 3 is 2.92 bits per heavy atom. The van der Waals surface area contributed by atoms with Crippen molar-refractivity contribution in [3.63, 3.8) is 0 Å². The molecule has 2 saturated heterocycles. The van der Waals surface area contributed by atoms with Crippen LogP contribution in [0, 0.1) is 11.8 Å². The summed E-state index contributed by atoms with van der Waals surface area (Å²) in [5.74, 6) is 1.76. The molecule has 5 nitrogen and oxygen atoms in total. The van der Waals surface area contributed by atoms with Gasteiger partial charge in [0.2, 0.25) is 0 Å². The molecule has 1 aromatic carbocycles. The summed E-state index contributed by atoms with van der Waals surface area (Å²) < 4.78 is 5.49. The Kier molecular flexibility index (Phi) is 5.93. The third-order valence-corrected chi connectivity index (χ3v) is 5.92. The number of hydrogen-bond acceptors (Lipinski definition) is 5. The van der Waals surface area contributed by atoms with Crippen LogP contribution in [0.2, 0.25) is 0 Å². The fraction of sp³-hybridized carbons (Fsp3) is 0.444. The number of thiazole rings is 1. The number of nitrogens with zero attached hydrogens (tertiary/aromatic N) is 2. The quantitative estimate of drug-likeness (QED) is 0.868. The van der Waals surface area contributed by atoms with Gasteiger partial charge in [0.05, 0.1) is 17.0 Å². The lowest BCUT2D eigenvalue weighted by atomic mass is 9.88. The van der Waals surface area contributed by atoms with Crippen molar-refractivity contribution < 1.29 is 9.53 Å². The third kappa shape index (κ3) is 4.14. The van der Waals surface area contributed by atoms with Crippen LogP contribution in [0.15, 0.2) is 35.8 Å². The van der Waals surface area contributed by atoms with Crippen LogP contribution in [0.4, 0.5) is 10.6 Å². The molecule has 3 heterocycles. The standard InChI is InChI=1S/C18H21N3O2S.ClH/c22-18(23-11-15-7-9-21-8-6-14(15)10-21)20-17-16(24-12-19-17)13-4-2-1-3-5-13;/h1-5,12,14-15H,6-11H2,(H,20,22);1H. The van der Waals surface area contributed by atoms with Crippen LogP contribution in [-0.4, -0.2) is 42.2 Å². The smallest absolute Gasteiger partial charge is 0.412 e. The molecule has 134 valence electrons. The van der Waals surface area contributed by atoms with Crippen LogP contribution >= 0.6 is 23.7 Å². The van der Waals surface area contributed by atoms with Gasteiger partial charge in [-0.1, -0.05) is 30.3 Å². The van der Waals surface area contributed by atoms with Gasteiger partial charge in [0, 0.05) is 6.54 Å². The van der Waals surface area contributed by atoms with Crippen molar-refractivity contribution in [2.75, 3.05) is 31.6 Å². The molecule has 3 atom stereocenters. The molecule has 2 aliphatic rings. The number of hydrogen-bond donors (Lipinski definition) is 1. The first-order valence-corrected chi connectivity index (χ1v) is 9.32. The number of aromatic nitrogens is 1. The first-order chi connectivity index (χ1) is 11.8. The van der Waals surface area contributed by atoms with E-state index in [0.29, 0.717) is 24.3 Å². The minimum Gasteiger partial charge on any atom is -0.449 e. The summed E-state index contributed by atoms with van der Waals surface area (Å²) in [4.78, 5) is 19.9. The van der Waals surface area contributed by atoms with Gasteiger partial charge in [0.1, 0.15) is 0 Å². The SMILES string of the molecule is Cl.O=C(Nc1ncsc1-c1ccccc1)OCC1CCN2CCC1C2. The maximum Gasteiger partial charge on any atom is 0.412 e. The maximum absolute atomic E-state index is 12.2. The van der Waals surface area contributed by atoms with Crippen molar-refractivity contribution >= 4 is 35.7 Å². The van der Waals surface area contributed by atoms with Crippen LogP contribution in [0.3, 0.4) is 0 Å². The van der Waals surface area contributed by atoms with Crippen LogP contribution < -0.4 is 5.32 Å². The van der Waals surface area contributed by atoms with Gasteiger partial charge >= 0.3 is 6.09 Å². The molecule has 1 N–H and O–H groups in total. The van der Waals surface area contributed by atoms with Crippen LogP contribution in [0.5, 0.6) is 0 Å². The number of piperidine rings is 1. The Bertz CT molecular complexity index is 709. The second-order valence-corrected chi connectivity index (χ2v) is 7.37. The first kappa shape index (κ1) is 18.2. The summed E-state index contributed by atoms with van der Waals surface area (Å²) in [5.41, 5.74) is 2.79. The summed E-state index contributed by atoms with van der Waals surface area (Å²) in [5, 5.41) is 2.80. The molecule has 0 radical (unpaired) electrons. The molecule has 0 aliphatic carbocycles. The molecule has 2 fully saturated rings. The van der Waals surface area contributed by atoms with Crippen LogP contribution in [-0.2, 0) is 4.74 Å². The van der Waals surface area contributed by atoms with Crippen molar-refractivity contribution in [2.45, 2.75) is 12.8 Å². The molecular weight excluding hydrogens is 358 g/mol. The normalized spacial score (nSPS) is 24.4. The Morgan fingerprint density at radius 1 is 1.28 bits per heavy atom. The summed E-state index contributed by atoms with van der Waals surface area (Å²) in [7, 11) is 0. The van der Waals surface area contributed by atoms with Crippen molar-refractivity contribution in [2.24, 2.45) is 11.8 Å². The molecule has 1 amide bonds. The van der Waals surface area contributed by atoms with Gasteiger partial charge in [-0.25, -0.2) is 9.78 Å². The molecule has 3 unspecified atom stereocenters. The lowest BCUT2D eigenvalue weighted by Gasteiger charge is -2.29. The summed E-state index contributed by atoms with van der Waals surface area (Å²) >= 11 is 1.51. The number of carbonyl (C=O) groups excluding carboxylic acids is 1. The number of rotatable bonds is 4. The number of amides is 1. The largest absolute Gasteiger partial charge is 0.449 e. The first-order valence-electron chi connectivity index (χ1n) is 8.44. The minimum atomic E-state index is -0.404. The average molecular weight is 380 g/mol. The third-order valence-electron chi connectivity index (χ3n) is 5.04. The zero-order valence-electron chi connectivity index (χ0n) is 13.9. The van der Waals surface area contributed by atoms with E-state index < -0.39 is 6.09 Å². The number of halogens is 1. The van der Waals surface area contributed by atoms with E-state index in [-0.39, 0.29) is 12.4 Å². The van der Waals surface area contributed by atoms with Gasteiger partial charge in [0.25, 0.3) is 0 Å². The van der Waals surface area contributed by atoms with E-state index in [0.717, 1.165) is 23.4 Å². The minimum absolute atomic E-state index is 0. The number of fused-ring (bicyclic) bond motifs is 2. The molecular formula is C18H22ClN3O2S. The average Bonchev–Trinajstić information content (AvgIpc) is 3.22. The van der Waals surface area contributed by atoms with Crippen molar-refractivity contribution in [1.82, 2.24) is 9.88 Å². The maximum atomic E-state index is 12.2. The topological polar surface area (TPSA) is 54.5 Å². The Balaban J connectivity index is 0.00000182. The van der Waals surface area contributed by atoms with E-state index in [1.807, 2.05) is 30.3 Å². The van der Waals surface area contributed by atoms with Crippen LogP contribution in [0.25, 0.3) is 10.4 Å². The number of anilines is 1. The number of nitrogens with one attached hydrogen (secondary N) is 1. The highest BCUT2D eigenvalue weighted by atomic mass is 35.5. The lowest BCUT2D eigenvalue weighted by Crippen LogP contribution is -2.34. The number of ether oxygens (including phenoxy) is 1. The van der Waals surface area contributed by atoms with Gasteiger partial charge in [-0.3, -0.25) is 5.32 Å². The molecule has 2 bridgehead atoms. The van der Waals surface area contributed by atoms with Gasteiger partial charge in [-0.15, -0.1) is 23.7 Å². The van der Waals surface area contributed by atoms with Crippen LogP contribution in [0.1, 0.15) is 12.8 Å². The van der Waals surface area contributed by atoms with E-state index in [1.54, 1.807) is 5.51 Å². The Labute approximate surface area is 157 Å². The molecule has 2 aliphatic heterocycles. The summed E-state index contributed by atoms with van der Waals surface area (Å²) in [6.07, 6.45) is 1.96. The van der Waals surface area contributed by atoms with Gasteiger partial charge in [-0.05, 0) is 43.3 Å². The molecule has 0 spiro atoms.